The van der Waals surface area contributed by atoms with Crippen LogP contribution >= 0.6 is 38.5 Å². The topological polar surface area (TPSA) is 0 Å². The molecule has 0 heterocycles. The minimum atomic E-state index is 0.563. The SMILES string of the molecule is BrC1(CI)CCC1. The molecule has 42 valence electrons. The van der Waals surface area contributed by atoms with Crippen molar-refractivity contribution in [1.82, 2.24) is 0 Å². The Balaban J connectivity index is 2.29. The van der Waals surface area contributed by atoms with Gasteiger partial charge in [-0.05, 0) is 12.8 Å². The van der Waals surface area contributed by atoms with Gasteiger partial charge in [0.25, 0.3) is 0 Å². The molecule has 2 heteroatoms. The van der Waals surface area contributed by atoms with Gasteiger partial charge in [-0.25, -0.2) is 0 Å². The first-order chi connectivity index (χ1) is 3.27. The second kappa shape index (κ2) is 2.21. The fourth-order valence-corrected chi connectivity index (χ4v) is 2.02. The summed E-state index contributed by atoms with van der Waals surface area (Å²) in [4.78, 5) is 0. The molecule has 0 aromatic heterocycles. The average molecular weight is 275 g/mol. The summed E-state index contributed by atoms with van der Waals surface area (Å²) < 4.78 is 1.83. The van der Waals surface area contributed by atoms with Gasteiger partial charge in [-0.15, -0.1) is 0 Å². The number of rotatable bonds is 1. The van der Waals surface area contributed by atoms with E-state index in [1.807, 2.05) is 0 Å². The van der Waals surface area contributed by atoms with E-state index in [1.54, 1.807) is 0 Å². The van der Waals surface area contributed by atoms with E-state index in [-0.39, 0.29) is 0 Å². The van der Waals surface area contributed by atoms with E-state index in [0.717, 1.165) is 0 Å². The van der Waals surface area contributed by atoms with Gasteiger partial charge in [0.05, 0.1) is 0 Å². The summed E-state index contributed by atoms with van der Waals surface area (Å²) in [5, 5.41) is 0. The van der Waals surface area contributed by atoms with Crippen molar-refractivity contribution >= 4 is 38.5 Å². The van der Waals surface area contributed by atoms with Crippen LogP contribution in [0.1, 0.15) is 19.3 Å². The lowest BCUT2D eigenvalue weighted by atomic mass is 9.87. The van der Waals surface area contributed by atoms with Crippen LogP contribution in [0.2, 0.25) is 0 Å². The van der Waals surface area contributed by atoms with Gasteiger partial charge in [0.1, 0.15) is 0 Å². The van der Waals surface area contributed by atoms with Crippen LogP contribution in [0.4, 0.5) is 0 Å². The fourth-order valence-electron chi connectivity index (χ4n) is 0.694. The third-order valence-electron chi connectivity index (χ3n) is 1.49. The molecule has 1 aliphatic carbocycles. The van der Waals surface area contributed by atoms with Crippen molar-refractivity contribution < 1.29 is 0 Å². The molecule has 0 aliphatic heterocycles. The standard InChI is InChI=1S/C5H8BrI/c6-5(4-7)2-1-3-5/h1-4H2. The van der Waals surface area contributed by atoms with Crippen LogP contribution in [0.5, 0.6) is 0 Å². The molecule has 0 aromatic carbocycles. The molecule has 0 amide bonds. The Hall–Kier alpha value is 1.21. The Morgan fingerprint density at radius 1 is 1.57 bits per heavy atom. The van der Waals surface area contributed by atoms with Crippen LogP contribution in [0.15, 0.2) is 0 Å². The highest BCUT2D eigenvalue weighted by atomic mass is 127. The van der Waals surface area contributed by atoms with Crippen molar-refractivity contribution in [2.45, 2.75) is 23.6 Å². The van der Waals surface area contributed by atoms with Crippen molar-refractivity contribution in [3.8, 4) is 0 Å². The molecule has 1 fully saturated rings. The number of hydrogen-bond donors (Lipinski definition) is 0. The first-order valence-corrected chi connectivity index (χ1v) is 4.84. The van der Waals surface area contributed by atoms with Gasteiger partial charge in [0.15, 0.2) is 0 Å². The second-order valence-corrected chi connectivity index (χ2v) is 4.58. The van der Waals surface area contributed by atoms with Crippen molar-refractivity contribution in [3.63, 3.8) is 0 Å². The van der Waals surface area contributed by atoms with Gasteiger partial charge in [-0.3, -0.25) is 0 Å². The van der Waals surface area contributed by atoms with Gasteiger partial charge in [0.2, 0.25) is 0 Å². The van der Waals surface area contributed by atoms with E-state index in [9.17, 15) is 0 Å². The lowest BCUT2D eigenvalue weighted by Gasteiger charge is -2.34. The smallest absolute Gasteiger partial charge is 0.0347 e. The molecule has 0 N–H and O–H groups in total. The maximum absolute atomic E-state index is 3.66. The number of hydrogen-bond acceptors (Lipinski definition) is 0. The summed E-state index contributed by atoms with van der Waals surface area (Å²) in [6.07, 6.45) is 4.19. The molecule has 0 bridgehead atoms. The Kier molecular flexibility index (Phi) is 2.00. The van der Waals surface area contributed by atoms with Gasteiger partial charge in [-0.1, -0.05) is 44.9 Å². The highest BCUT2D eigenvalue weighted by Gasteiger charge is 2.32. The molecular weight excluding hydrogens is 267 g/mol. The first-order valence-electron chi connectivity index (χ1n) is 2.52. The molecule has 1 saturated carbocycles. The molecule has 0 atom stereocenters. The zero-order valence-electron chi connectivity index (χ0n) is 4.08. The molecule has 0 radical (unpaired) electrons. The Morgan fingerprint density at radius 2 is 2.14 bits per heavy atom. The highest BCUT2D eigenvalue weighted by molar-refractivity contribution is 14.1. The third kappa shape index (κ3) is 1.31. The zero-order valence-corrected chi connectivity index (χ0v) is 7.83. The van der Waals surface area contributed by atoms with E-state index in [0.29, 0.717) is 4.32 Å². The van der Waals surface area contributed by atoms with Crippen LogP contribution < -0.4 is 0 Å². The fraction of sp³-hybridized carbons (Fsp3) is 1.00. The third-order valence-corrected chi connectivity index (χ3v) is 5.07. The molecule has 1 rings (SSSR count). The Bertz CT molecular complexity index is 63.0. The van der Waals surface area contributed by atoms with Gasteiger partial charge in [0, 0.05) is 8.75 Å². The van der Waals surface area contributed by atoms with Crippen LogP contribution in [0, 0.1) is 0 Å². The van der Waals surface area contributed by atoms with Gasteiger partial charge in [-0.2, -0.15) is 0 Å². The van der Waals surface area contributed by atoms with E-state index in [4.69, 9.17) is 0 Å². The van der Waals surface area contributed by atoms with Gasteiger partial charge < -0.3 is 0 Å². The van der Waals surface area contributed by atoms with Crippen LogP contribution in [-0.4, -0.2) is 8.75 Å². The zero-order chi connectivity index (χ0) is 5.33. The molecular formula is C5H8BrI. The molecule has 0 aromatic rings. The Morgan fingerprint density at radius 3 is 2.14 bits per heavy atom. The lowest BCUT2D eigenvalue weighted by molar-refractivity contribution is 0.413. The van der Waals surface area contributed by atoms with Crippen LogP contribution in [0.3, 0.4) is 0 Å². The van der Waals surface area contributed by atoms with Crippen molar-refractivity contribution in [2.75, 3.05) is 4.43 Å². The predicted octanol–water partition coefficient (Wildman–Crippen LogP) is 2.74. The van der Waals surface area contributed by atoms with E-state index < -0.39 is 0 Å². The van der Waals surface area contributed by atoms with Crippen molar-refractivity contribution in [1.29, 1.82) is 0 Å². The lowest BCUT2D eigenvalue weighted by Crippen LogP contribution is -2.30. The average Bonchev–Trinajstić information content (AvgIpc) is 1.61. The quantitative estimate of drug-likeness (QED) is 0.510. The van der Waals surface area contributed by atoms with Crippen LogP contribution in [-0.2, 0) is 0 Å². The number of halogens is 2. The Labute approximate surface area is 66.3 Å². The monoisotopic (exact) mass is 274 g/mol. The van der Waals surface area contributed by atoms with Crippen LogP contribution in [0.25, 0.3) is 0 Å². The molecule has 7 heavy (non-hydrogen) atoms. The summed E-state index contributed by atoms with van der Waals surface area (Å²) in [7, 11) is 0. The highest BCUT2D eigenvalue weighted by Crippen LogP contribution is 2.41. The molecule has 0 unspecified atom stereocenters. The summed E-state index contributed by atoms with van der Waals surface area (Å²) in [5.41, 5.74) is 0. The summed E-state index contributed by atoms with van der Waals surface area (Å²) in [6.45, 7) is 0. The van der Waals surface area contributed by atoms with E-state index >= 15 is 0 Å². The normalized spacial score (nSPS) is 26.6. The van der Waals surface area contributed by atoms with Crippen molar-refractivity contribution in [2.24, 2.45) is 0 Å². The molecule has 0 nitrogen and oxygen atoms in total. The predicted molar refractivity (Wildman–Crippen MR) is 44.4 cm³/mol. The molecule has 0 saturated heterocycles. The first kappa shape index (κ1) is 6.33. The summed E-state index contributed by atoms with van der Waals surface area (Å²) in [5.74, 6) is 0. The van der Waals surface area contributed by atoms with Crippen molar-refractivity contribution in [3.05, 3.63) is 0 Å². The molecule has 1 aliphatic rings. The van der Waals surface area contributed by atoms with E-state index in [1.165, 1.54) is 23.7 Å². The largest absolute Gasteiger partial charge is 0.0849 e. The summed E-state index contributed by atoms with van der Waals surface area (Å²) >= 11 is 6.09. The minimum absolute atomic E-state index is 0.563. The number of alkyl halides is 2. The maximum Gasteiger partial charge on any atom is 0.0347 e. The summed E-state index contributed by atoms with van der Waals surface area (Å²) in [6, 6.07) is 0. The second-order valence-electron chi connectivity index (χ2n) is 2.14. The van der Waals surface area contributed by atoms with Gasteiger partial charge >= 0.3 is 0 Å². The maximum atomic E-state index is 3.66. The van der Waals surface area contributed by atoms with E-state index in [2.05, 4.69) is 38.5 Å². The minimum Gasteiger partial charge on any atom is -0.0849 e. The molecule has 0 spiro atoms.